The van der Waals surface area contributed by atoms with E-state index in [2.05, 4.69) is 6.92 Å². The van der Waals surface area contributed by atoms with Crippen LogP contribution in [0, 0.1) is 6.92 Å². The van der Waals surface area contributed by atoms with Crippen molar-refractivity contribution in [2.75, 3.05) is 12.0 Å². The number of carbonyl (C=O) groups excluding carboxylic acids is 1. The van der Waals surface area contributed by atoms with Crippen LogP contribution in [0.3, 0.4) is 0 Å². The van der Waals surface area contributed by atoms with Gasteiger partial charge in [-0.1, -0.05) is 31.5 Å². The predicted molar refractivity (Wildman–Crippen MR) is 112 cm³/mol. The van der Waals surface area contributed by atoms with Gasteiger partial charge in [-0.3, -0.25) is 9.69 Å². The van der Waals surface area contributed by atoms with Crippen LogP contribution in [0.5, 0.6) is 5.75 Å². The molecule has 5 heteroatoms. The molecule has 1 amide bonds. The topological polar surface area (TPSA) is 42.4 Å². The van der Waals surface area contributed by atoms with Crippen molar-refractivity contribution in [3.8, 4) is 17.0 Å². The van der Waals surface area contributed by atoms with Crippen molar-refractivity contribution in [2.45, 2.75) is 33.1 Å². The van der Waals surface area contributed by atoms with Gasteiger partial charge in [0.15, 0.2) is 5.13 Å². The molecule has 3 aromatic rings. The Morgan fingerprint density at radius 3 is 2.44 bits per heavy atom. The minimum absolute atomic E-state index is 0.0816. The third kappa shape index (κ3) is 4.37. The molecule has 0 aliphatic heterocycles. The summed E-state index contributed by atoms with van der Waals surface area (Å²) in [5.41, 5.74) is 2.78. The Kier molecular flexibility index (Phi) is 6.24. The van der Waals surface area contributed by atoms with Gasteiger partial charge in [-0.25, -0.2) is 4.98 Å². The number of hydrogen-bond acceptors (Lipinski definition) is 4. The number of rotatable bonds is 7. The Balaban J connectivity index is 1.98. The first-order valence-corrected chi connectivity index (χ1v) is 9.95. The van der Waals surface area contributed by atoms with Gasteiger partial charge in [0.05, 0.1) is 18.5 Å². The van der Waals surface area contributed by atoms with E-state index in [1.807, 2.05) is 61.5 Å². The largest absolute Gasteiger partial charge is 0.497 e. The number of carbonyl (C=O) groups is 1. The number of para-hydroxylation sites is 1. The number of ether oxygens (including phenoxy) is 1. The van der Waals surface area contributed by atoms with Crippen LogP contribution in [0.4, 0.5) is 10.8 Å². The van der Waals surface area contributed by atoms with Gasteiger partial charge in [0.2, 0.25) is 5.91 Å². The maximum atomic E-state index is 12.9. The van der Waals surface area contributed by atoms with E-state index < -0.39 is 0 Å². The van der Waals surface area contributed by atoms with Crippen LogP contribution in [-0.4, -0.2) is 18.0 Å². The van der Waals surface area contributed by atoms with Crippen LogP contribution >= 0.6 is 11.3 Å². The normalized spacial score (nSPS) is 10.6. The Morgan fingerprint density at radius 2 is 1.81 bits per heavy atom. The van der Waals surface area contributed by atoms with E-state index in [-0.39, 0.29) is 5.91 Å². The summed E-state index contributed by atoms with van der Waals surface area (Å²) in [7, 11) is 1.65. The predicted octanol–water partition coefficient (Wildman–Crippen LogP) is 5.98. The van der Waals surface area contributed by atoms with E-state index in [1.54, 1.807) is 23.3 Å². The molecule has 2 aromatic carbocycles. The minimum atomic E-state index is 0.0816. The molecule has 0 aliphatic rings. The first-order valence-electron chi connectivity index (χ1n) is 9.14. The molecule has 0 N–H and O–H groups in total. The van der Waals surface area contributed by atoms with Crippen LogP contribution in [0.25, 0.3) is 11.3 Å². The number of nitrogens with zero attached hydrogens (tertiary/aromatic N) is 2. The second kappa shape index (κ2) is 8.82. The number of hydrogen-bond donors (Lipinski definition) is 0. The molecule has 4 nitrogen and oxygen atoms in total. The first-order chi connectivity index (χ1) is 13.1. The molecule has 0 fully saturated rings. The average molecular weight is 381 g/mol. The molecule has 3 rings (SSSR count). The lowest BCUT2D eigenvalue weighted by Crippen LogP contribution is -2.25. The van der Waals surface area contributed by atoms with E-state index >= 15 is 0 Å². The van der Waals surface area contributed by atoms with E-state index in [0.717, 1.165) is 40.4 Å². The van der Waals surface area contributed by atoms with E-state index in [9.17, 15) is 4.79 Å². The number of methoxy groups -OCH3 is 1. The van der Waals surface area contributed by atoms with Gasteiger partial charge >= 0.3 is 0 Å². The van der Waals surface area contributed by atoms with Crippen molar-refractivity contribution in [3.05, 3.63) is 59.5 Å². The SMILES string of the molecule is CCCCC(=O)N(c1ccccc1)c1nc(-c2ccc(OC)cc2)c(C)s1. The van der Waals surface area contributed by atoms with Gasteiger partial charge in [0, 0.05) is 16.9 Å². The van der Waals surface area contributed by atoms with Gasteiger partial charge in [0.25, 0.3) is 0 Å². The van der Waals surface area contributed by atoms with Crippen LogP contribution in [0.2, 0.25) is 0 Å². The van der Waals surface area contributed by atoms with Crippen molar-refractivity contribution in [2.24, 2.45) is 0 Å². The van der Waals surface area contributed by atoms with Crippen molar-refractivity contribution in [3.63, 3.8) is 0 Å². The second-order valence-electron chi connectivity index (χ2n) is 6.30. The highest BCUT2D eigenvalue weighted by Gasteiger charge is 2.22. The molecule has 0 bridgehead atoms. The molecule has 0 unspecified atom stereocenters. The van der Waals surface area contributed by atoms with Crippen molar-refractivity contribution < 1.29 is 9.53 Å². The fourth-order valence-corrected chi connectivity index (χ4v) is 3.84. The standard InChI is InChI=1S/C22H24N2O2S/c1-4-5-11-20(25)24(18-9-7-6-8-10-18)22-23-21(16(2)27-22)17-12-14-19(26-3)15-13-17/h6-10,12-15H,4-5,11H2,1-3H3. The summed E-state index contributed by atoms with van der Waals surface area (Å²) in [6, 6.07) is 17.6. The summed E-state index contributed by atoms with van der Waals surface area (Å²) in [4.78, 5) is 20.6. The minimum Gasteiger partial charge on any atom is -0.497 e. The Hall–Kier alpha value is -2.66. The number of unbranched alkanes of at least 4 members (excludes halogenated alkanes) is 1. The number of aryl methyl sites for hydroxylation is 1. The van der Waals surface area contributed by atoms with Gasteiger partial charge in [-0.15, -0.1) is 11.3 Å². The number of benzene rings is 2. The molecule has 0 aliphatic carbocycles. The van der Waals surface area contributed by atoms with E-state index in [1.165, 1.54) is 0 Å². The summed E-state index contributed by atoms with van der Waals surface area (Å²) >= 11 is 1.55. The lowest BCUT2D eigenvalue weighted by Gasteiger charge is -2.20. The molecule has 0 spiro atoms. The molecule has 1 heterocycles. The van der Waals surface area contributed by atoms with Crippen molar-refractivity contribution in [1.29, 1.82) is 0 Å². The zero-order valence-corrected chi connectivity index (χ0v) is 16.8. The van der Waals surface area contributed by atoms with Gasteiger partial charge in [0.1, 0.15) is 5.75 Å². The fraction of sp³-hybridized carbons (Fsp3) is 0.273. The summed E-state index contributed by atoms with van der Waals surface area (Å²) in [6.45, 7) is 4.13. The van der Waals surface area contributed by atoms with Crippen LogP contribution < -0.4 is 9.64 Å². The maximum absolute atomic E-state index is 12.9. The Morgan fingerprint density at radius 1 is 1.11 bits per heavy atom. The lowest BCUT2D eigenvalue weighted by atomic mass is 10.1. The molecule has 1 aromatic heterocycles. The van der Waals surface area contributed by atoms with Crippen LogP contribution in [-0.2, 0) is 4.79 Å². The second-order valence-corrected chi connectivity index (χ2v) is 7.48. The highest BCUT2D eigenvalue weighted by Crippen LogP contribution is 2.36. The highest BCUT2D eigenvalue weighted by atomic mass is 32.1. The summed E-state index contributed by atoms with van der Waals surface area (Å²) in [5.74, 6) is 0.894. The smallest absolute Gasteiger partial charge is 0.233 e. The Labute approximate surface area is 164 Å². The van der Waals surface area contributed by atoms with Crippen LogP contribution in [0.15, 0.2) is 54.6 Å². The van der Waals surface area contributed by atoms with Crippen molar-refractivity contribution in [1.82, 2.24) is 4.98 Å². The summed E-state index contributed by atoms with van der Waals surface area (Å²) in [5, 5.41) is 0.714. The van der Waals surface area contributed by atoms with Gasteiger partial charge in [-0.05, 0) is 49.7 Å². The van der Waals surface area contributed by atoms with E-state index in [4.69, 9.17) is 9.72 Å². The fourth-order valence-electron chi connectivity index (χ4n) is 2.87. The number of amides is 1. The molecule has 0 radical (unpaired) electrons. The zero-order chi connectivity index (χ0) is 19.2. The zero-order valence-electron chi connectivity index (χ0n) is 15.9. The van der Waals surface area contributed by atoms with Crippen molar-refractivity contribution >= 4 is 28.1 Å². The summed E-state index contributed by atoms with van der Waals surface area (Å²) < 4.78 is 5.23. The third-order valence-electron chi connectivity index (χ3n) is 4.35. The number of aromatic nitrogens is 1. The Bertz CT molecular complexity index is 888. The number of thiazole rings is 1. The quantitative estimate of drug-likeness (QED) is 0.506. The lowest BCUT2D eigenvalue weighted by molar-refractivity contribution is -0.118. The van der Waals surface area contributed by atoms with Gasteiger partial charge in [-0.2, -0.15) is 0 Å². The molecule has 0 saturated carbocycles. The third-order valence-corrected chi connectivity index (χ3v) is 5.30. The number of anilines is 2. The molecule has 0 saturated heterocycles. The molecular weight excluding hydrogens is 356 g/mol. The molecule has 140 valence electrons. The molecule has 27 heavy (non-hydrogen) atoms. The maximum Gasteiger partial charge on any atom is 0.233 e. The van der Waals surface area contributed by atoms with Gasteiger partial charge < -0.3 is 4.74 Å². The molecular formula is C22H24N2O2S. The monoisotopic (exact) mass is 380 g/mol. The summed E-state index contributed by atoms with van der Waals surface area (Å²) in [6.07, 6.45) is 2.38. The van der Waals surface area contributed by atoms with E-state index in [0.29, 0.717) is 11.6 Å². The molecule has 0 atom stereocenters. The van der Waals surface area contributed by atoms with Crippen LogP contribution in [0.1, 0.15) is 31.1 Å². The first kappa shape index (κ1) is 19.1. The highest BCUT2D eigenvalue weighted by molar-refractivity contribution is 7.16. The average Bonchev–Trinajstić information content (AvgIpc) is 3.08.